The molecule has 134 valence electrons. The predicted octanol–water partition coefficient (Wildman–Crippen LogP) is 4.31. The molecule has 0 spiro atoms. The number of hydrogen-bond acceptors (Lipinski definition) is 4. The first kappa shape index (κ1) is 18.6. The Morgan fingerprint density at radius 1 is 1.08 bits per heavy atom. The Morgan fingerprint density at radius 2 is 1.80 bits per heavy atom. The zero-order valence-corrected chi connectivity index (χ0v) is 15.0. The van der Waals surface area contributed by atoms with Gasteiger partial charge in [-0.25, -0.2) is 0 Å². The molecule has 1 amide bonds. The van der Waals surface area contributed by atoms with Crippen molar-refractivity contribution in [2.24, 2.45) is 0 Å². The fourth-order valence-electron chi connectivity index (χ4n) is 2.20. The largest absolute Gasteiger partial charge is 0.494 e. The van der Waals surface area contributed by atoms with Crippen molar-refractivity contribution in [1.29, 1.82) is 0 Å². The molecule has 0 aliphatic carbocycles. The van der Waals surface area contributed by atoms with E-state index in [0.717, 1.165) is 29.3 Å². The summed E-state index contributed by atoms with van der Waals surface area (Å²) in [7, 11) is 0. The fourth-order valence-corrected chi connectivity index (χ4v) is 2.20. The maximum atomic E-state index is 12.1. The Morgan fingerprint density at radius 3 is 2.48 bits per heavy atom. The Labute approximate surface area is 149 Å². The summed E-state index contributed by atoms with van der Waals surface area (Å²) in [6, 6.07) is 15.0. The molecular weight excluding hydrogens is 316 g/mol. The smallest absolute Gasteiger partial charge is 0.243 e. The van der Waals surface area contributed by atoms with Gasteiger partial charge < -0.3 is 20.1 Å². The maximum Gasteiger partial charge on any atom is 0.243 e. The Bertz CT molecular complexity index is 669. The average molecular weight is 342 g/mol. The molecule has 0 aromatic heterocycles. The highest BCUT2D eigenvalue weighted by molar-refractivity contribution is 5.94. The summed E-state index contributed by atoms with van der Waals surface area (Å²) in [6.45, 7) is 6.85. The van der Waals surface area contributed by atoms with E-state index in [9.17, 15) is 4.79 Å². The molecule has 0 saturated heterocycles. The SMILES string of the molecule is CCCOc1ccc(NC(=O)CNc2ccccc2OC(C)C)cc1. The van der Waals surface area contributed by atoms with Crippen LogP contribution >= 0.6 is 0 Å². The van der Waals surface area contributed by atoms with Gasteiger partial charge in [-0.05, 0) is 56.7 Å². The molecule has 2 aromatic carbocycles. The predicted molar refractivity (Wildman–Crippen MR) is 102 cm³/mol. The average Bonchev–Trinajstić information content (AvgIpc) is 2.60. The van der Waals surface area contributed by atoms with Gasteiger partial charge in [-0.2, -0.15) is 0 Å². The first-order valence-electron chi connectivity index (χ1n) is 8.60. The Hall–Kier alpha value is -2.69. The minimum absolute atomic E-state index is 0.0743. The lowest BCUT2D eigenvalue weighted by Crippen LogP contribution is -2.22. The van der Waals surface area contributed by atoms with E-state index < -0.39 is 0 Å². The molecule has 0 heterocycles. The third-order valence-corrected chi connectivity index (χ3v) is 3.30. The van der Waals surface area contributed by atoms with Crippen molar-refractivity contribution in [3.05, 3.63) is 48.5 Å². The summed E-state index contributed by atoms with van der Waals surface area (Å²) in [5, 5.41) is 5.97. The van der Waals surface area contributed by atoms with Crippen LogP contribution in [-0.4, -0.2) is 25.2 Å². The van der Waals surface area contributed by atoms with Crippen molar-refractivity contribution < 1.29 is 14.3 Å². The fraction of sp³-hybridized carbons (Fsp3) is 0.350. The Kier molecular flexibility index (Phi) is 7.14. The first-order valence-corrected chi connectivity index (χ1v) is 8.60. The van der Waals surface area contributed by atoms with Gasteiger partial charge in [0.05, 0.1) is 24.9 Å². The van der Waals surface area contributed by atoms with E-state index >= 15 is 0 Å². The molecule has 25 heavy (non-hydrogen) atoms. The van der Waals surface area contributed by atoms with Crippen LogP contribution in [0.5, 0.6) is 11.5 Å². The second-order valence-corrected chi connectivity index (χ2v) is 5.94. The minimum Gasteiger partial charge on any atom is -0.494 e. The van der Waals surface area contributed by atoms with Crippen LogP contribution in [0.15, 0.2) is 48.5 Å². The molecule has 0 fully saturated rings. The van der Waals surface area contributed by atoms with E-state index in [2.05, 4.69) is 17.6 Å². The molecule has 0 aliphatic heterocycles. The molecule has 2 rings (SSSR count). The normalized spacial score (nSPS) is 10.4. The molecule has 0 aliphatic rings. The van der Waals surface area contributed by atoms with E-state index in [0.29, 0.717) is 6.61 Å². The highest BCUT2D eigenvalue weighted by Crippen LogP contribution is 2.24. The quantitative estimate of drug-likeness (QED) is 0.713. The van der Waals surface area contributed by atoms with E-state index in [-0.39, 0.29) is 18.6 Å². The molecule has 0 atom stereocenters. The van der Waals surface area contributed by atoms with Crippen LogP contribution in [0, 0.1) is 0 Å². The van der Waals surface area contributed by atoms with Crippen molar-refractivity contribution in [3.8, 4) is 11.5 Å². The molecule has 2 aromatic rings. The monoisotopic (exact) mass is 342 g/mol. The number of amides is 1. The van der Waals surface area contributed by atoms with Crippen molar-refractivity contribution in [3.63, 3.8) is 0 Å². The number of rotatable bonds is 9. The number of benzene rings is 2. The van der Waals surface area contributed by atoms with E-state index in [1.807, 2.05) is 62.4 Å². The number of anilines is 2. The molecule has 0 bridgehead atoms. The Balaban J connectivity index is 1.86. The van der Waals surface area contributed by atoms with Gasteiger partial charge in [-0.15, -0.1) is 0 Å². The van der Waals surface area contributed by atoms with Gasteiger partial charge in [-0.3, -0.25) is 4.79 Å². The molecule has 2 N–H and O–H groups in total. The number of nitrogens with one attached hydrogen (secondary N) is 2. The first-order chi connectivity index (χ1) is 12.1. The van der Waals surface area contributed by atoms with Crippen LogP contribution in [-0.2, 0) is 4.79 Å². The molecular formula is C20H26N2O3. The number of ether oxygens (including phenoxy) is 2. The molecule has 5 nitrogen and oxygen atoms in total. The van der Waals surface area contributed by atoms with E-state index in [1.165, 1.54) is 0 Å². The number of hydrogen-bond donors (Lipinski definition) is 2. The van der Waals surface area contributed by atoms with Gasteiger partial charge >= 0.3 is 0 Å². The zero-order chi connectivity index (χ0) is 18.1. The van der Waals surface area contributed by atoms with Gasteiger partial charge in [-0.1, -0.05) is 19.1 Å². The topological polar surface area (TPSA) is 59.6 Å². The summed E-state index contributed by atoms with van der Waals surface area (Å²) in [5.41, 5.74) is 1.54. The number of carbonyl (C=O) groups excluding carboxylic acids is 1. The van der Waals surface area contributed by atoms with Crippen molar-refractivity contribution >= 4 is 17.3 Å². The lowest BCUT2D eigenvalue weighted by atomic mass is 10.2. The highest BCUT2D eigenvalue weighted by atomic mass is 16.5. The van der Waals surface area contributed by atoms with Crippen LogP contribution in [0.4, 0.5) is 11.4 Å². The molecule has 5 heteroatoms. The van der Waals surface area contributed by atoms with Gasteiger partial charge in [0.25, 0.3) is 0 Å². The number of para-hydroxylation sites is 2. The number of carbonyl (C=O) groups is 1. The summed E-state index contributed by atoms with van der Waals surface area (Å²) in [5.74, 6) is 1.42. The van der Waals surface area contributed by atoms with Crippen LogP contribution in [0.1, 0.15) is 27.2 Å². The summed E-state index contributed by atoms with van der Waals surface area (Å²) in [6.07, 6.45) is 1.04. The van der Waals surface area contributed by atoms with Gasteiger partial charge in [0.1, 0.15) is 11.5 Å². The summed E-state index contributed by atoms with van der Waals surface area (Å²) >= 11 is 0. The standard InChI is InChI=1S/C20H26N2O3/c1-4-13-24-17-11-9-16(10-12-17)22-20(23)14-21-18-7-5-6-8-19(18)25-15(2)3/h5-12,15,21H,4,13-14H2,1-3H3,(H,22,23). The summed E-state index contributed by atoms with van der Waals surface area (Å²) in [4.78, 5) is 12.1. The summed E-state index contributed by atoms with van der Waals surface area (Å²) < 4.78 is 11.3. The zero-order valence-electron chi connectivity index (χ0n) is 15.0. The van der Waals surface area contributed by atoms with Crippen LogP contribution in [0.3, 0.4) is 0 Å². The van der Waals surface area contributed by atoms with E-state index in [4.69, 9.17) is 9.47 Å². The maximum absolute atomic E-state index is 12.1. The van der Waals surface area contributed by atoms with Gasteiger partial charge in [0.15, 0.2) is 0 Å². The lowest BCUT2D eigenvalue weighted by molar-refractivity contribution is -0.114. The van der Waals surface area contributed by atoms with Gasteiger partial charge in [0.2, 0.25) is 5.91 Å². The van der Waals surface area contributed by atoms with Crippen molar-refractivity contribution in [1.82, 2.24) is 0 Å². The van der Waals surface area contributed by atoms with Crippen molar-refractivity contribution in [2.45, 2.75) is 33.3 Å². The lowest BCUT2D eigenvalue weighted by Gasteiger charge is -2.15. The highest BCUT2D eigenvalue weighted by Gasteiger charge is 2.07. The second kappa shape index (κ2) is 9.57. The van der Waals surface area contributed by atoms with Gasteiger partial charge in [0, 0.05) is 5.69 Å². The third-order valence-electron chi connectivity index (χ3n) is 3.30. The third kappa shape index (κ3) is 6.37. The second-order valence-electron chi connectivity index (χ2n) is 5.94. The van der Waals surface area contributed by atoms with E-state index in [1.54, 1.807) is 0 Å². The minimum atomic E-state index is -0.124. The van der Waals surface area contributed by atoms with Crippen LogP contribution in [0.25, 0.3) is 0 Å². The molecule has 0 radical (unpaired) electrons. The van der Waals surface area contributed by atoms with Crippen molar-refractivity contribution in [2.75, 3.05) is 23.8 Å². The van der Waals surface area contributed by atoms with Crippen LogP contribution in [0.2, 0.25) is 0 Å². The van der Waals surface area contributed by atoms with Crippen LogP contribution < -0.4 is 20.1 Å². The molecule has 0 saturated carbocycles. The molecule has 0 unspecified atom stereocenters.